The Hall–Kier alpha value is -1.59. The Bertz CT molecular complexity index is 680. The minimum Gasteiger partial charge on any atom is -0.465 e. The Labute approximate surface area is 124 Å². The molecule has 1 aliphatic carbocycles. The molecule has 2 heterocycles. The molecule has 0 aliphatic heterocycles. The second kappa shape index (κ2) is 5.07. The molecule has 0 N–H and O–H groups in total. The van der Waals surface area contributed by atoms with Crippen molar-refractivity contribution in [3.05, 3.63) is 33.8 Å². The molecule has 0 spiro atoms. The van der Waals surface area contributed by atoms with E-state index in [-0.39, 0.29) is 16.4 Å². The number of esters is 1. The van der Waals surface area contributed by atoms with Gasteiger partial charge in [-0.2, -0.15) is 0 Å². The molecule has 20 heavy (non-hydrogen) atoms. The molecule has 1 aliphatic rings. The Kier molecular flexibility index (Phi) is 3.40. The number of hydrogen-bond acceptors (Lipinski definition) is 5. The molecule has 0 aromatic carbocycles. The van der Waals surface area contributed by atoms with Crippen LogP contribution in [-0.4, -0.2) is 23.2 Å². The highest BCUT2D eigenvalue weighted by Crippen LogP contribution is 2.47. The van der Waals surface area contributed by atoms with Crippen LogP contribution in [0.15, 0.2) is 17.0 Å². The zero-order valence-corrected chi connectivity index (χ0v) is 12.0. The van der Waals surface area contributed by atoms with E-state index in [0.717, 1.165) is 18.4 Å². The molecule has 0 amide bonds. The fourth-order valence-corrected chi connectivity index (χ4v) is 2.70. The standard InChI is InChI=1S/C13H10Cl2N2O3/c1-19-13(18)8-5-20-17-11(8)9-10(14)7(6-2-3-6)4-16-12(9)15/h4-6H,2-3H2,1H3. The van der Waals surface area contributed by atoms with Gasteiger partial charge in [0.1, 0.15) is 22.7 Å². The van der Waals surface area contributed by atoms with Crippen LogP contribution in [0.4, 0.5) is 0 Å². The summed E-state index contributed by atoms with van der Waals surface area (Å²) in [6.45, 7) is 0. The normalized spacial score (nSPS) is 14.3. The van der Waals surface area contributed by atoms with Crippen molar-refractivity contribution in [1.82, 2.24) is 10.1 Å². The number of carbonyl (C=O) groups is 1. The lowest BCUT2D eigenvalue weighted by atomic mass is 10.1. The topological polar surface area (TPSA) is 65.2 Å². The van der Waals surface area contributed by atoms with Crippen LogP contribution in [0.25, 0.3) is 11.3 Å². The van der Waals surface area contributed by atoms with Crippen molar-refractivity contribution >= 4 is 29.2 Å². The van der Waals surface area contributed by atoms with Gasteiger partial charge in [0.05, 0.1) is 17.7 Å². The number of carbonyl (C=O) groups excluding carboxylic acids is 1. The summed E-state index contributed by atoms with van der Waals surface area (Å²) >= 11 is 12.5. The molecule has 1 saturated carbocycles. The maximum Gasteiger partial charge on any atom is 0.343 e. The number of methoxy groups -OCH3 is 1. The summed E-state index contributed by atoms with van der Waals surface area (Å²) < 4.78 is 9.53. The van der Waals surface area contributed by atoms with Crippen LogP contribution in [0.5, 0.6) is 0 Å². The molecule has 0 unspecified atom stereocenters. The number of halogens is 2. The van der Waals surface area contributed by atoms with Crippen LogP contribution in [0.2, 0.25) is 10.2 Å². The highest BCUT2D eigenvalue weighted by atomic mass is 35.5. The number of rotatable bonds is 3. The van der Waals surface area contributed by atoms with Gasteiger partial charge in [0.2, 0.25) is 0 Å². The zero-order chi connectivity index (χ0) is 14.3. The molecule has 0 atom stereocenters. The van der Waals surface area contributed by atoms with E-state index < -0.39 is 5.97 Å². The molecule has 5 nitrogen and oxygen atoms in total. The summed E-state index contributed by atoms with van der Waals surface area (Å²) in [5.41, 5.74) is 1.75. The van der Waals surface area contributed by atoms with E-state index >= 15 is 0 Å². The molecule has 0 bridgehead atoms. The van der Waals surface area contributed by atoms with Crippen molar-refractivity contribution in [3.8, 4) is 11.3 Å². The lowest BCUT2D eigenvalue weighted by molar-refractivity contribution is 0.0600. The molecule has 2 aromatic heterocycles. The van der Waals surface area contributed by atoms with E-state index in [9.17, 15) is 4.79 Å². The summed E-state index contributed by atoms with van der Waals surface area (Å²) in [7, 11) is 1.28. The quantitative estimate of drug-likeness (QED) is 0.638. The van der Waals surface area contributed by atoms with Crippen LogP contribution < -0.4 is 0 Å². The number of ether oxygens (including phenoxy) is 1. The Balaban J connectivity index is 2.17. The molecular weight excluding hydrogens is 303 g/mol. The molecule has 2 aromatic rings. The van der Waals surface area contributed by atoms with Crippen LogP contribution in [0.3, 0.4) is 0 Å². The van der Waals surface area contributed by atoms with E-state index in [1.54, 1.807) is 6.20 Å². The number of nitrogens with zero attached hydrogens (tertiary/aromatic N) is 2. The number of aromatic nitrogens is 2. The summed E-state index contributed by atoms with van der Waals surface area (Å²) in [6.07, 6.45) is 5.03. The van der Waals surface area contributed by atoms with Gasteiger partial charge < -0.3 is 9.26 Å². The first-order valence-electron chi connectivity index (χ1n) is 6.00. The summed E-state index contributed by atoms with van der Waals surface area (Å²) in [6, 6.07) is 0. The Morgan fingerprint density at radius 1 is 1.45 bits per heavy atom. The van der Waals surface area contributed by atoms with Gasteiger partial charge >= 0.3 is 5.97 Å². The maximum absolute atomic E-state index is 11.7. The molecule has 0 radical (unpaired) electrons. The van der Waals surface area contributed by atoms with Crippen molar-refractivity contribution in [3.63, 3.8) is 0 Å². The molecule has 7 heteroatoms. The van der Waals surface area contributed by atoms with E-state index in [4.69, 9.17) is 27.7 Å². The fraction of sp³-hybridized carbons (Fsp3) is 0.308. The maximum atomic E-state index is 11.7. The van der Waals surface area contributed by atoms with Crippen molar-refractivity contribution < 1.29 is 14.1 Å². The van der Waals surface area contributed by atoms with Gasteiger partial charge in [0.15, 0.2) is 0 Å². The lowest BCUT2D eigenvalue weighted by Crippen LogP contribution is -2.03. The third kappa shape index (κ3) is 2.17. The predicted molar refractivity (Wildman–Crippen MR) is 73.1 cm³/mol. The van der Waals surface area contributed by atoms with Gasteiger partial charge in [-0.05, 0) is 24.3 Å². The van der Waals surface area contributed by atoms with Gasteiger partial charge in [-0.15, -0.1) is 0 Å². The first kappa shape index (κ1) is 13.4. The van der Waals surface area contributed by atoms with E-state index in [1.807, 2.05) is 0 Å². The van der Waals surface area contributed by atoms with E-state index in [2.05, 4.69) is 14.9 Å². The van der Waals surface area contributed by atoms with Gasteiger partial charge in [0, 0.05) is 6.20 Å². The zero-order valence-electron chi connectivity index (χ0n) is 10.5. The highest BCUT2D eigenvalue weighted by molar-refractivity contribution is 6.39. The highest BCUT2D eigenvalue weighted by Gasteiger charge is 2.30. The average molecular weight is 313 g/mol. The van der Waals surface area contributed by atoms with Gasteiger partial charge in [-0.3, -0.25) is 0 Å². The largest absolute Gasteiger partial charge is 0.465 e. The third-order valence-electron chi connectivity index (χ3n) is 3.23. The van der Waals surface area contributed by atoms with Crippen molar-refractivity contribution in [2.45, 2.75) is 18.8 Å². The first-order valence-corrected chi connectivity index (χ1v) is 6.76. The van der Waals surface area contributed by atoms with Gasteiger partial charge in [-0.25, -0.2) is 9.78 Å². The van der Waals surface area contributed by atoms with Crippen molar-refractivity contribution in [2.75, 3.05) is 7.11 Å². The Morgan fingerprint density at radius 2 is 2.20 bits per heavy atom. The van der Waals surface area contributed by atoms with Gasteiger partial charge in [-0.1, -0.05) is 28.4 Å². The first-order chi connectivity index (χ1) is 9.63. The van der Waals surface area contributed by atoms with Crippen LogP contribution >= 0.6 is 23.2 Å². The number of hydrogen-bond donors (Lipinski definition) is 0. The lowest BCUT2D eigenvalue weighted by Gasteiger charge is -2.09. The Morgan fingerprint density at radius 3 is 2.85 bits per heavy atom. The minimum atomic E-state index is -0.565. The molecule has 1 fully saturated rings. The van der Waals surface area contributed by atoms with Crippen LogP contribution in [-0.2, 0) is 4.74 Å². The number of pyridine rings is 1. The fourth-order valence-electron chi connectivity index (χ4n) is 2.03. The van der Waals surface area contributed by atoms with Crippen molar-refractivity contribution in [2.24, 2.45) is 0 Å². The summed E-state index contributed by atoms with van der Waals surface area (Å²) in [5, 5.41) is 4.46. The summed E-state index contributed by atoms with van der Waals surface area (Å²) in [4.78, 5) is 15.8. The van der Waals surface area contributed by atoms with Gasteiger partial charge in [0.25, 0.3) is 0 Å². The van der Waals surface area contributed by atoms with E-state index in [1.165, 1.54) is 13.4 Å². The summed E-state index contributed by atoms with van der Waals surface area (Å²) in [5.74, 6) is -0.162. The average Bonchev–Trinajstić information content (AvgIpc) is 3.16. The van der Waals surface area contributed by atoms with E-state index in [0.29, 0.717) is 16.5 Å². The SMILES string of the molecule is COC(=O)c1conc1-c1c(Cl)ncc(C2CC2)c1Cl. The molecule has 104 valence electrons. The molecule has 0 saturated heterocycles. The second-order valence-corrected chi connectivity index (χ2v) is 5.27. The molecular formula is C13H10Cl2N2O3. The molecule has 3 rings (SSSR count). The van der Waals surface area contributed by atoms with Crippen LogP contribution in [0.1, 0.15) is 34.7 Å². The van der Waals surface area contributed by atoms with Crippen LogP contribution in [0, 0.1) is 0 Å². The van der Waals surface area contributed by atoms with Crippen molar-refractivity contribution in [1.29, 1.82) is 0 Å². The minimum absolute atomic E-state index is 0.172. The third-order valence-corrected chi connectivity index (χ3v) is 3.92. The second-order valence-electron chi connectivity index (χ2n) is 4.54. The monoisotopic (exact) mass is 312 g/mol. The predicted octanol–water partition coefficient (Wildman–Crippen LogP) is 3.71. The smallest absolute Gasteiger partial charge is 0.343 e.